The quantitative estimate of drug-likeness (QED) is 0.196. The van der Waals surface area contributed by atoms with Crippen molar-refractivity contribution in [2.45, 2.75) is 45.3 Å². The predicted octanol–water partition coefficient (Wildman–Crippen LogP) is 8.71. The van der Waals surface area contributed by atoms with E-state index in [1.54, 1.807) is 35.6 Å². The monoisotopic (exact) mass is 600 g/mol. The summed E-state index contributed by atoms with van der Waals surface area (Å²) in [5.74, 6) is 0.812. The SMILES string of the molecule is CCn1c(-c2csc(C3CCCN(C(=O)c4ccccc4-c4ccc(C(F)(F)F)cc4)C3)n2)nc(-c2ccccc2)c1C. The molecule has 0 spiro atoms. The number of benzene rings is 3. The molecule has 1 amide bonds. The molecule has 0 aliphatic carbocycles. The van der Waals surface area contributed by atoms with Crippen molar-refractivity contribution in [1.82, 2.24) is 19.4 Å². The second-order valence-electron chi connectivity index (χ2n) is 10.8. The normalized spacial score (nSPS) is 15.6. The van der Waals surface area contributed by atoms with Crippen LogP contribution in [0.5, 0.6) is 0 Å². The molecule has 0 bridgehead atoms. The molecule has 9 heteroatoms. The molecule has 5 aromatic rings. The molecule has 0 N–H and O–H groups in total. The first-order chi connectivity index (χ1) is 20.7. The highest BCUT2D eigenvalue weighted by molar-refractivity contribution is 7.10. The maximum absolute atomic E-state index is 13.8. The van der Waals surface area contributed by atoms with Crippen molar-refractivity contribution in [3.63, 3.8) is 0 Å². The maximum Gasteiger partial charge on any atom is 0.416 e. The molecule has 1 unspecified atom stereocenters. The first-order valence-electron chi connectivity index (χ1n) is 14.4. The minimum Gasteiger partial charge on any atom is -0.338 e. The van der Waals surface area contributed by atoms with Crippen molar-refractivity contribution < 1.29 is 18.0 Å². The fraction of sp³-hybridized carbons (Fsp3) is 0.265. The summed E-state index contributed by atoms with van der Waals surface area (Å²) in [7, 11) is 0. The second-order valence-corrected chi connectivity index (χ2v) is 11.7. The van der Waals surface area contributed by atoms with Crippen LogP contribution in [-0.4, -0.2) is 38.4 Å². The third-order valence-corrected chi connectivity index (χ3v) is 9.08. The molecule has 1 aliphatic rings. The standard InChI is InChI=1S/C34H31F3N4OS/c1-3-41-22(2)30(24-10-5-4-6-11-24)39-31(41)29-21-43-32(38-29)25-12-9-19-40(20-25)33(42)28-14-8-7-13-27(28)23-15-17-26(18-16-23)34(35,36)37/h4-8,10-11,13-18,21,25H,3,9,12,19-20H2,1-2H3. The van der Waals surface area contributed by atoms with Gasteiger partial charge in [0.1, 0.15) is 5.69 Å². The van der Waals surface area contributed by atoms with Crippen LogP contribution in [0.25, 0.3) is 33.9 Å². The molecule has 2 aromatic heterocycles. The van der Waals surface area contributed by atoms with Gasteiger partial charge in [0.25, 0.3) is 5.91 Å². The Morgan fingerprint density at radius 2 is 1.67 bits per heavy atom. The molecule has 1 atom stereocenters. The lowest BCUT2D eigenvalue weighted by atomic mass is 9.95. The zero-order valence-electron chi connectivity index (χ0n) is 23.9. The molecule has 3 aromatic carbocycles. The molecular formula is C34H31F3N4OS. The highest BCUT2D eigenvalue weighted by Crippen LogP contribution is 2.36. The summed E-state index contributed by atoms with van der Waals surface area (Å²) in [5, 5.41) is 3.03. The first-order valence-corrected chi connectivity index (χ1v) is 15.3. The van der Waals surface area contributed by atoms with Gasteiger partial charge >= 0.3 is 6.18 Å². The number of alkyl halides is 3. The molecule has 220 valence electrons. The Hall–Kier alpha value is -4.24. The molecule has 43 heavy (non-hydrogen) atoms. The Morgan fingerprint density at radius 3 is 2.40 bits per heavy atom. The van der Waals surface area contributed by atoms with Crippen molar-refractivity contribution in [1.29, 1.82) is 0 Å². The lowest BCUT2D eigenvalue weighted by Crippen LogP contribution is -2.39. The van der Waals surface area contributed by atoms with Crippen LogP contribution < -0.4 is 0 Å². The van der Waals surface area contributed by atoms with E-state index in [-0.39, 0.29) is 11.8 Å². The molecule has 0 radical (unpaired) electrons. The topological polar surface area (TPSA) is 51.0 Å². The van der Waals surface area contributed by atoms with Gasteiger partial charge in [-0.3, -0.25) is 4.79 Å². The molecule has 6 rings (SSSR count). The maximum atomic E-state index is 13.8. The summed E-state index contributed by atoms with van der Waals surface area (Å²) in [5.41, 5.74) is 4.92. The van der Waals surface area contributed by atoms with Gasteiger partial charge in [0.05, 0.1) is 16.3 Å². The van der Waals surface area contributed by atoms with E-state index in [4.69, 9.17) is 9.97 Å². The van der Waals surface area contributed by atoms with Crippen LogP contribution in [0.3, 0.4) is 0 Å². The van der Waals surface area contributed by atoms with E-state index in [9.17, 15) is 18.0 Å². The van der Waals surface area contributed by atoms with Crippen LogP contribution >= 0.6 is 11.3 Å². The number of likely N-dealkylation sites (tertiary alicyclic amines) is 1. The molecule has 5 nitrogen and oxygen atoms in total. The number of hydrogen-bond acceptors (Lipinski definition) is 4. The third-order valence-electron chi connectivity index (χ3n) is 8.07. The fourth-order valence-corrected chi connectivity index (χ4v) is 6.78. The minimum absolute atomic E-state index is 0.0920. The summed E-state index contributed by atoms with van der Waals surface area (Å²) < 4.78 is 41.5. The van der Waals surface area contributed by atoms with Crippen molar-refractivity contribution in [3.05, 3.63) is 106 Å². The second kappa shape index (κ2) is 11.8. The summed E-state index contributed by atoms with van der Waals surface area (Å²) in [6.07, 6.45) is -2.65. The average molecular weight is 601 g/mol. The molecule has 3 heterocycles. The zero-order chi connectivity index (χ0) is 30.1. The largest absolute Gasteiger partial charge is 0.416 e. The lowest BCUT2D eigenvalue weighted by Gasteiger charge is -2.32. The minimum atomic E-state index is -4.41. The van der Waals surface area contributed by atoms with Gasteiger partial charge in [-0.1, -0.05) is 60.7 Å². The highest BCUT2D eigenvalue weighted by Gasteiger charge is 2.31. The van der Waals surface area contributed by atoms with E-state index in [2.05, 4.69) is 35.9 Å². The third kappa shape index (κ3) is 5.73. The molecule has 1 aliphatic heterocycles. The van der Waals surface area contributed by atoms with Crippen LogP contribution in [0.15, 0.2) is 84.2 Å². The van der Waals surface area contributed by atoms with Crippen molar-refractivity contribution in [2.75, 3.05) is 13.1 Å². The van der Waals surface area contributed by atoms with Crippen LogP contribution in [-0.2, 0) is 12.7 Å². The molecule has 1 fully saturated rings. The average Bonchev–Trinajstić information content (AvgIpc) is 3.65. The number of thiazole rings is 1. The fourth-order valence-electron chi connectivity index (χ4n) is 5.86. The summed E-state index contributed by atoms with van der Waals surface area (Å²) in [6, 6.07) is 22.2. The highest BCUT2D eigenvalue weighted by atomic mass is 32.1. The van der Waals surface area contributed by atoms with Gasteiger partial charge in [-0.25, -0.2) is 9.97 Å². The van der Waals surface area contributed by atoms with Gasteiger partial charge in [0.15, 0.2) is 5.82 Å². The van der Waals surface area contributed by atoms with Gasteiger partial charge in [-0.05, 0) is 56.0 Å². The van der Waals surface area contributed by atoms with Crippen molar-refractivity contribution >= 4 is 17.2 Å². The number of halogens is 3. The van der Waals surface area contributed by atoms with Crippen LogP contribution in [0.4, 0.5) is 13.2 Å². The van der Waals surface area contributed by atoms with Crippen LogP contribution in [0, 0.1) is 6.92 Å². The summed E-state index contributed by atoms with van der Waals surface area (Å²) in [4.78, 5) is 25.7. The number of aromatic nitrogens is 3. The zero-order valence-corrected chi connectivity index (χ0v) is 24.8. The predicted molar refractivity (Wildman–Crippen MR) is 164 cm³/mol. The number of hydrogen-bond donors (Lipinski definition) is 0. The van der Waals surface area contributed by atoms with E-state index in [1.165, 1.54) is 12.1 Å². The first kappa shape index (κ1) is 28.9. The number of rotatable bonds is 6. The number of nitrogens with zero attached hydrogens (tertiary/aromatic N) is 4. The molecule has 0 saturated carbocycles. The van der Waals surface area contributed by atoms with Crippen molar-refractivity contribution in [2.24, 2.45) is 0 Å². The smallest absolute Gasteiger partial charge is 0.338 e. The Labute approximate surface area is 252 Å². The number of amides is 1. The van der Waals surface area contributed by atoms with Gasteiger partial charge in [-0.15, -0.1) is 11.3 Å². The number of carbonyl (C=O) groups excluding carboxylic acids is 1. The summed E-state index contributed by atoms with van der Waals surface area (Å²) in [6.45, 7) is 6.12. The van der Waals surface area contributed by atoms with Gasteiger partial charge in [0.2, 0.25) is 0 Å². The van der Waals surface area contributed by atoms with E-state index in [0.29, 0.717) is 29.8 Å². The van der Waals surface area contributed by atoms with E-state index >= 15 is 0 Å². The van der Waals surface area contributed by atoms with Gasteiger partial charge < -0.3 is 9.47 Å². The van der Waals surface area contributed by atoms with E-state index < -0.39 is 11.7 Å². The molecule has 1 saturated heterocycles. The van der Waals surface area contributed by atoms with E-state index in [0.717, 1.165) is 65.0 Å². The number of piperidine rings is 1. The Balaban J connectivity index is 1.23. The van der Waals surface area contributed by atoms with Crippen molar-refractivity contribution in [3.8, 4) is 33.9 Å². The number of imidazole rings is 1. The molecular weight excluding hydrogens is 569 g/mol. The van der Waals surface area contributed by atoms with Gasteiger partial charge in [-0.2, -0.15) is 13.2 Å². The lowest BCUT2D eigenvalue weighted by molar-refractivity contribution is -0.137. The van der Waals surface area contributed by atoms with Gasteiger partial charge in [0, 0.05) is 47.8 Å². The van der Waals surface area contributed by atoms with E-state index in [1.807, 2.05) is 23.1 Å². The Morgan fingerprint density at radius 1 is 0.953 bits per heavy atom. The Bertz CT molecular complexity index is 1740. The van der Waals surface area contributed by atoms with Crippen LogP contribution in [0.1, 0.15) is 52.3 Å². The number of carbonyl (C=O) groups is 1. The summed E-state index contributed by atoms with van der Waals surface area (Å²) >= 11 is 1.60. The van der Waals surface area contributed by atoms with Crippen LogP contribution in [0.2, 0.25) is 0 Å². The Kier molecular flexibility index (Phi) is 7.92.